The Morgan fingerprint density at radius 3 is 2.50 bits per heavy atom. The van der Waals surface area contributed by atoms with E-state index in [4.69, 9.17) is 0 Å². The molecule has 0 fully saturated rings. The summed E-state index contributed by atoms with van der Waals surface area (Å²) in [6.07, 6.45) is 3.60. The van der Waals surface area contributed by atoms with Gasteiger partial charge in [-0.25, -0.2) is 0 Å². The smallest absolute Gasteiger partial charge is 0.195 e. The van der Waals surface area contributed by atoms with E-state index in [1.807, 2.05) is 66.3 Å². The Morgan fingerprint density at radius 2 is 1.64 bits per heavy atom. The fourth-order valence-electron chi connectivity index (χ4n) is 2.96. The minimum Gasteiger partial charge on any atom is -0.350 e. The second-order valence-electron chi connectivity index (χ2n) is 5.38. The number of carbonyl (C=O) groups is 1. The Balaban J connectivity index is 1.97. The standard InChI is InChI=1S/C19H14N2O/c1-21-12-16(14-7-3-5-9-18(14)21)19(22)15-10-11-20-17-8-4-2-6-13(15)17/h2-12H,1H3. The maximum absolute atomic E-state index is 13.0. The van der Waals surface area contributed by atoms with E-state index in [9.17, 15) is 4.79 Å². The van der Waals surface area contributed by atoms with Gasteiger partial charge in [-0.2, -0.15) is 0 Å². The number of pyridine rings is 1. The highest BCUT2D eigenvalue weighted by molar-refractivity contribution is 6.21. The number of fused-ring (bicyclic) bond motifs is 2. The number of hydrogen-bond acceptors (Lipinski definition) is 2. The highest BCUT2D eigenvalue weighted by Gasteiger charge is 2.17. The summed E-state index contributed by atoms with van der Waals surface area (Å²) in [6.45, 7) is 0. The van der Waals surface area contributed by atoms with Crippen LogP contribution in [0.15, 0.2) is 67.0 Å². The van der Waals surface area contributed by atoms with Crippen LogP contribution in [0.1, 0.15) is 15.9 Å². The molecule has 0 unspecified atom stereocenters. The van der Waals surface area contributed by atoms with E-state index in [1.54, 1.807) is 12.3 Å². The summed E-state index contributed by atoms with van der Waals surface area (Å²) in [5, 5.41) is 1.87. The van der Waals surface area contributed by atoms with E-state index in [1.165, 1.54) is 0 Å². The van der Waals surface area contributed by atoms with Crippen molar-refractivity contribution in [2.24, 2.45) is 7.05 Å². The molecule has 0 aliphatic heterocycles. The lowest BCUT2D eigenvalue weighted by Crippen LogP contribution is -2.02. The molecule has 4 rings (SSSR count). The number of aromatic nitrogens is 2. The van der Waals surface area contributed by atoms with Crippen molar-refractivity contribution in [3.8, 4) is 0 Å². The molecule has 4 aromatic rings. The molecule has 2 aromatic heterocycles. The number of benzene rings is 2. The fourth-order valence-corrected chi connectivity index (χ4v) is 2.96. The summed E-state index contributed by atoms with van der Waals surface area (Å²) in [5.74, 6) is 0.0374. The van der Waals surface area contributed by atoms with E-state index >= 15 is 0 Å². The van der Waals surface area contributed by atoms with Crippen LogP contribution < -0.4 is 0 Å². The van der Waals surface area contributed by atoms with Crippen LogP contribution in [0.2, 0.25) is 0 Å². The van der Waals surface area contributed by atoms with Crippen LogP contribution in [0.4, 0.5) is 0 Å². The highest BCUT2D eigenvalue weighted by atomic mass is 16.1. The van der Waals surface area contributed by atoms with Gasteiger partial charge in [0.1, 0.15) is 0 Å². The largest absolute Gasteiger partial charge is 0.350 e. The Hall–Kier alpha value is -2.94. The molecule has 0 spiro atoms. The number of carbonyl (C=O) groups excluding carboxylic acids is 1. The molecule has 0 amide bonds. The summed E-state index contributed by atoms with van der Waals surface area (Å²) in [7, 11) is 1.96. The molecular formula is C19H14N2O. The summed E-state index contributed by atoms with van der Waals surface area (Å²) in [4.78, 5) is 17.4. The second-order valence-corrected chi connectivity index (χ2v) is 5.38. The third kappa shape index (κ3) is 1.83. The van der Waals surface area contributed by atoms with Crippen molar-refractivity contribution in [1.29, 1.82) is 0 Å². The van der Waals surface area contributed by atoms with Gasteiger partial charge in [0.15, 0.2) is 5.78 Å². The maximum atomic E-state index is 13.0. The van der Waals surface area contributed by atoms with Crippen molar-refractivity contribution in [2.75, 3.05) is 0 Å². The minimum absolute atomic E-state index is 0.0374. The van der Waals surface area contributed by atoms with Gasteiger partial charge in [-0.15, -0.1) is 0 Å². The lowest BCUT2D eigenvalue weighted by molar-refractivity contribution is 0.104. The van der Waals surface area contributed by atoms with Gasteiger partial charge in [0.25, 0.3) is 0 Å². The van der Waals surface area contributed by atoms with Crippen molar-refractivity contribution < 1.29 is 4.79 Å². The molecule has 0 aliphatic carbocycles. The van der Waals surface area contributed by atoms with Crippen LogP contribution >= 0.6 is 0 Å². The molecule has 2 heterocycles. The molecule has 0 aliphatic rings. The third-order valence-corrected chi connectivity index (χ3v) is 4.04. The first-order valence-corrected chi connectivity index (χ1v) is 7.18. The van der Waals surface area contributed by atoms with E-state index in [0.29, 0.717) is 5.56 Å². The molecule has 0 saturated carbocycles. The first kappa shape index (κ1) is 12.8. The third-order valence-electron chi connectivity index (χ3n) is 4.04. The molecule has 2 aromatic carbocycles. The van der Waals surface area contributed by atoms with E-state index in [-0.39, 0.29) is 5.78 Å². The average Bonchev–Trinajstić information content (AvgIpc) is 2.91. The first-order valence-electron chi connectivity index (χ1n) is 7.18. The Labute approximate surface area is 127 Å². The topological polar surface area (TPSA) is 34.9 Å². The zero-order valence-electron chi connectivity index (χ0n) is 12.2. The van der Waals surface area contributed by atoms with Gasteiger partial charge >= 0.3 is 0 Å². The van der Waals surface area contributed by atoms with Gasteiger partial charge in [0.2, 0.25) is 0 Å². The molecule has 106 valence electrons. The molecule has 0 radical (unpaired) electrons. The number of aryl methyl sites for hydroxylation is 1. The average molecular weight is 286 g/mol. The Bertz CT molecular complexity index is 1010. The van der Waals surface area contributed by atoms with E-state index in [2.05, 4.69) is 4.98 Å². The molecule has 22 heavy (non-hydrogen) atoms. The number of hydrogen-bond donors (Lipinski definition) is 0. The van der Waals surface area contributed by atoms with Gasteiger partial charge in [-0.05, 0) is 18.2 Å². The number of para-hydroxylation sites is 2. The van der Waals surface area contributed by atoms with Crippen molar-refractivity contribution in [3.05, 3.63) is 78.1 Å². The maximum Gasteiger partial charge on any atom is 0.195 e. The van der Waals surface area contributed by atoms with Crippen LogP contribution in [-0.4, -0.2) is 15.3 Å². The van der Waals surface area contributed by atoms with Crippen LogP contribution in [0.3, 0.4) is 0 Å². The van der Waals surface area contributed by atoms with Crippen molar-refractivity contribution >= 4 is 27.6 Å². The second kappa shape index (κ2) is 4.81. The van der Waals surface area contributed by atoms with Gasteiger partial charge in [-0.1, -0.05) is 36.4 Å². The van der Waals surface area contributed by atoms with Crippen LogP contribution in [-0.2, 0) is 7.05 Å². The summed E-state index contributed by atoms with van der Waals surface area (Å²) < 4.78 is 1.99. The number of rotatable bonds is 2. The monoisotopic (exact) mass is 286 g/mol. The normalized spacial score (nSPS) is 11.1. The molecule has 3 nitrogen and oxygen atoms in total. The minimum atomic E-state index is 0.0374. The lowest BCUT2D eigenvalue weighted by atomic mass is 9.99. The number of ketones is 1. The molecule has 0 N–H and O–H groups in total. The van der Waals surface area contributed by atoms with Crippen LogP contribution in [0.25, 0.3) is 21.8 Å². The summed E-state index contributed by atoms with van der Waals surface area (Å²) in [5.41, 5.74) is 3.33. The molecule has 3 heteroatoms. The van der Waals surface area contributed by atoms with Gasteiger partial charge < -0.3 is 4.57 Å². The van der Waals surface area contributed by atoms with Gasteiger partial charge in [0.05, 0.1) is 5.52 Å². The molecule has 0 bridgehead atoms. The van der Waals surface area contributed by atoms with Gasteiger partial charge in [-0.3, -0.25) is 9.78 Å². The summed E-state index contributed by atoms with van der Waals surface area (Å²) in [6, 6.07) is 17.5. The quantitative estimate of drug-likeness (QED) is 0.523. The first-order chi connectivity index (χ1) is 10.8. The van der Waals surface area contributed by atoms with E-state index < -0.39 is 0 Å². The molecule has 0 atom stereocenters. The Morgan fingerprint density at radius 1 is 0.909 bits per heavy atom. The molecule has 0 saturated heterocycles. The van der Waals surface area contributed by atoms with Crippen LogP contribution in [0.5, 0.6) is 0 Å². The highest BCUT2D eigenvalue weighted by Crippen LogP contribution is 2.25. The van der Waals surface area contributed by atoms with Crippen molar-refractivity contribution in [3.63, 3.8) is 0 Å². The molecular weight excluding hydrogens is 272 g/mol. The van der Waals surface area contributed by atoms with Crippen molar-refractivity contribution in [1.82, 2.24) is 9.55 Å². The zero-order chi connectivity index (χ0) is 15.1. The zero-order valence-corrected chi connectivity index (χ0v) is 12.2. The number of nitrogens with zero attached hydrogens (tertiary/aromatic N) is 2. The van der Waals surface area contributed by atoms with Gasteiger partial charge in [0, 0.05) is 46.9 Å². The van der Waals surface area contributed by atoms with Crippen LogP contribution in [0, 0.1) is 0 Å². The van der Waals surface area contributed by atoms with Crippen molar-refractivity contribution in [2.45, 2.75) is 0 Å². The SMILES string of the molecule is Cn1cc(C(=O)c2ccnc3ccccc23)c2ccccc21. The Kier molecular flexibility index (Phi) is 2.79. The predicted molar refractivity (Wildman–Crippen MR) is 88.1 cm³/mol. The summed E-state index contributed by atoms with van der Waals surface area (Å²) >= 11 is 0. The van der Waals surface area contributed by atoms with E-state index in [0.717, 1.165) is 27.4 Å². The fraction of sp³-hybridized carbons (Fsp3) is 0.0526. The lowest BCUT2D eigenvalue weighted by Gasteiger charge is -2.04. The predicted octanol–water partition coefficient (Wildman–Crippen LogP) is 3.96.